The van der Waals surface area contributed by atoms with E-state index in [9.17, 15) is 0 Å². The Kier molecular flexibility index (Phi) is 14.0. The Morgan fingerprint density at radius 3 is 1.74 bits per heavy atom. The molecular weight excluding hydrogens is 511 g/mol. The van der Waals surface area contributed by atoms with Gasteiger partial charge in [0.05, 0.1) is 10.7 Å². The van der Waals surface area contributed by atoms with Crippen molar-refractivity contribution < 1.29 is 0 Å². The Morgan fingerprint density at radius 2 is 1.20 bits per heavy atom. The number of guanidine groups is 4. The number of nitrogens with zero attached hydrogens (tertiary/aromatic N) is 4. The third-order valence-electron chi connectivity index (χ3n) is 4.34. The fraction of sp³-hybridized carbons (Fsp3) is 0.273. The highest BCUT2D eigenvalue weighted by atomic mass is 35.5. The first-order valence-electron chi connectivity index (χ1n) is 10.7. The number of benzene rings is 2. The van der Waals surface area contributed by atoms with E-state index in [4.69, 9.17) is 46.1 Å². The third-order valence-corrected chi connectivity index (χ3v) is 4.92. The van der Waals surface area contributed by atoms with Crippen LogP contribution in [0, 0.1) is 0 Å². The summed E-state index contributed by atoms with van der Waals surface area (Å²) in [5.74, 6) is 0.509. The summed E-state index contributed by atoms with van der Waals surface area (Å²) in [5.41, 5.74) is 24.7. The number of aliphatic imine (C=N–C) groups is 4. The second-order valence-electron chi connectivity index (χ2n) is 7.12. The molecule has 0 bridgehead atoms. The molecule has 0 aliphatic carbocycles. The molecule has 2 rings (SSSR count). The molecule has 10 N–H and O–H groups in total. The largest absolute Gasteiger partial charge is 0.369 e. The predicted octanol–water partition coefficient (Wildman–Crippen LogP) is 3.76. The fourth-order valence-electron chi connectivity index (χ4n) is 2.72. The Morgan fingerprint density at radius 1 is 0.686 bits per heavy atom. The molecule has 2 aromatic carbocycles. The standard InChI is InChI=1S/C22H30Cl2N10.ClH/c23-15-9-11-16(12-10-15)31-21(27)33-19(25)29-13-5-1-2-6-14-30-20(26)34-22(28)32-18-8-4-3-7-17(18)24;/h3-4,7-12H,1-2,5-6,13-14H2,(H5,25,27,29,31,33)(H5,26,28,30,32,34);1H. The number of halogens is 3. The van der Waals surface area contributed by atoms with Crippen LogP contribution in [-0.4, -0.2) is 36.9 Å². The number of hydrogen-bond donors (Lipinski definition) is 6. The van der Waals surface area contributed by atoms with E-state index >= 15 is 0 Å². The van der Waals surface area contributed by atoms with Crippen LogP contribution >= 0.6 is 35.6 Å². The lowest BCUT2D eigenvalue weighted by atomic mass is 10.2. The molecule has 0 saturated heterocycles. The monoisotopic (exact) mass is 540 g/mol. The van der Waals surface area contributed by atoms with Crippen LogP contribution in [0.2, 0.25) is 10.0 Å². The average Bonchev–Trinajstić information content (AvgIpc) is 2.78. The van der Waals surface area contributed by atoms with E-state index in [1.165, 1.54) is 0 Å². The maximum Gasteiger partial charge on any atom is 0.218 e. The van der Waals surface area contributed by atoms with E-state index < -0.39 is 0 Å². The summed E-state index contributed by atoms with van der Waals surface area (Å²) >= 11 is 11.9. The number of hydrogen-bond acceptors (Lipinski definition) is 2. The highest BCUT2D eigenvalue weighted by molar-refractivity contribution is 6.33. The maximum atomic E-state index is 6.07. The number of nitrogens with one attached hydrogen (secondary N) is 2. The van der Waals surface area contributed by atoms with Crippen molar-refractivity contribution in [2.45, 2.75) is 25.7 Å². The normalized spacial score (nSPS) is 12.7. The van der Waals surface area contributed by atoms with Crippen molar-refractivity contribution in [1.82, 2.24) is 0 Å². The van der Waals surface area contributed by atoms with Gasteiger partial charge in [0, 0.05) is 23.8 Å². The third kappa shape index (κ3) is 12.7. The molecule has 0 atom stereocenters. The van der Waals surface area contributed by atoms with Gasteiger partial charge in [-0.3, -0.25) is 9.98 Å². The first-order valence-corrected chi connectivity index (χ1v) is 11.4. The lowest BCUT2D eigenvalue weighted by Crippen LogP contribution is -2.26. The fourth-order valence-corrected chi connectivity index (χ4v) is 3.03. The topological polar surface area (TPSA) is 178 Å². The highest BCUT2D eigenvalue weighted by Gasteiger charge is 2.01. The summed E-state index contributed by atoms with van der Waals surface area (Å²) in [6.07, 6.45) is 3.66. The minimum Gasteiger partial charge on any atom is -0.369 e. The van der Waals surface area contributed by atoms with Gasteiger partial charge < -0.3 is 33.6 Å². The zero-order valence-electron chi connectivity index (χ0n) is 19.1. The van der Waals surface area contributed by atoms with Crippen LogP contribution in [0.5, 0.6) is 0 Å². The molecule has 0 amide bonds. The quantitative estimate of drug-likeness (QED) is 0.160. The molecule has 2 aromatic rings. The number of unbranched alkanes of at least 4 members (excludes halogenated alkanes) is 3. The van der Waals surface area contributed by atoms with Crippen molar-refractivity contribution >= 4 is 70.8 Å². The molecule has 0 unspecified atom stereocenters. The van der Waals surface area contributed by atoms with Crippen molar-refractivity contribution in [3.8, 4) is 0 Å². The second kappa shape index (κ2) is 16.4. The lowest BCUT2D eigenvalue weighted by Gasteiger charge is -2.06. The first-order chi connectivity index (χ1) is 16.3. The summed E-state index contributed by atoms with van der Waals surface area (Å²) in [4.78, 5) is 16.5. The average molecular weight is 542 g/mol. The number of anilines is 2. The molecule has 13 heteroatoms. The Labute approximate surface area is 221 Å². The van der Waals surface area contributed by atoms with E-state index in [-0.39, 0.29) is 36.2 Å². The predicted molar refractivity (Wildman–Crippen MR) is 152 cm³/mol. The van der Waals surface area contributed by atoms with Crippen LogP contribution in [0.25, 0.3) is 0 Å². The van der Waals surface area contributed by atoms with Crippen LogP contribution in [0.15, 0.2) is 68.5 Å². The Balaban J connectivity index is 0.00000612. The molecule has 0 aromatic heterocycles. The van der Waals surface area contributed by atoms with Gasteiger partial charge in [0.1, 0.15) is 0 Å². The van der Waals surface area contributed by atoms with Crippen LogP contribution in [0.4, 0.5) is 11.4 Å². The number of para-hydroxylation sites is 1. The van der Waals surface area contributed by atoms with Gasteiger partial charge >= 0.3 is 0 Å². The van der Waals surface area contributed by atoms with Crippen LogP contribution in [-0.2, 0) is 0 Å². The molecule has 0 fully saturated rings. The minimum atomic E-state index is 0. The van der Waals surface area contributed by atoms with Gasteiger partial charge in [0.25, 0.3) is 0 Å². The molecule has 190 valence electrons. The van der Waals surface area contributed by atoms with E-state index in [2.05, 4.69) is 30.6 Å². The van der Waals surface area contributed by atoms with Crippen LogP contribution < -0.4 is 33.6 Å². The van der Waals surface area contributed by atoms with Gasteiger partial charge in [0.15, 0.2) is 0 Å². The van der Waals surface area contributed by atoms with Gasteiger partial charge in [-0.05, 0) is 49.2 Å². The minimum absolute atomic E-state index is 0. The molecule has 35 heavy (non-hydrogen) atoms. The van der Waals surface area contributed by atoms with Crippen molar-refractivity contribution in [2.75, 3.05) is 23.7 Å². The van der Waals surface area contributed by atoms with Gasteiger partial charge in [-0.2, -0.15) is 9.98 Å². The molecule has 0 spiro atoms. The molecule has 0 saturated carbocycles. The molecule has 0 aliphatic heterocycles. The lowest BCUT2D eigenvalue weighted by molar-refractivity contribution is 0.653. The number of rotatable bonds is 9. The number of nitrogens with two attached hydrogens (primary N) is 4. The SMILES string of the molecule is Cl.NC(=NCCCCCCN=C(N)N=C(N)Nc1ccccc1Cl)N=C(N)Nc1ccc(Cl)cc1. The Hall–Kier alpha value is -3.21. The molecule has 0 aliphatic rings. The van der Waals surface area contributed by atoms with Crippen LogP contribution in [0.1, 0.15) is 25.7 Å². The zero-order valence-corrected chi connectivity index (χ0v) is 21.5. The smallest absolute Gasteiger partial charge is 0.218 e. The second-order valence-corrected chi connectivity index (χ2v) is 7.97. The highest BCUT2D eigenvalue weighted by Crippen LogP contribution is 2.19. The Bertz CT molecular complexity index is 1040. The van der Waals surface area contributed by atoms with E-state index in [1.807, 2.05) is 12.1 Å². The molecule has 0 radical (unpaired) electrons. The van der Waals surface area contributed by atoms with Crippen molar-refractivity contribution in [3.63, 3.8) is 0 Å². The van der Waals surface area contributed by atoms with E-state index in [0.717, 1.165) is 31.4 Å². The maximum absolute atomic E-state index is 6.07. The van der Waals surface area contributed by atoms with Gasteiger partial charge in [-0.15, -0.1) is 12.4 Å². The van der Waals surface area contributed by atoms with Crippen molar-refractivity contribution in [1.29, 1.82) is 0 Å². The van der Waals surface area contributed by atoms with Gasteiger partial charge in [-0.1, -0.05) is 48.2 Å². The molecular formula is C22H31Cl3N10. The van der Waals surface area contributed by atoms with Crippen molar-refractivity contribution in [2.24, 2.45) is 42.9 Å². The first kappa shape index (κ1) is 29.8. The van der Waals surface area contributed by atoms with E-state index in [1.54, 1.807) is 36.4 Å². The van der Waals surface area contributed by atoms with Crippen LogP contribution in [0.3, 0.4) is 0 Å². The molecule has 10 nitrogen and oxygen atoms in total. The molecule has 0 heterocycles. The zero-order chi connectivity index (χ0) is 24.8. The summed E-state index contributed by atoms with van der Waals surface area (Å²) in [7, 11) is 0. The van der Waals surface area contributed by atoms with E-state index in [0.29, 0.717) is 28.8 Å². The van der Waals surface area contributed by atoms with Gasteiger partial charge in [0.2, 0.25) is 23.8 Å². The summed E-state index contributed by atoms with van der Waals surface area (Å²) < 4.78 is 0. The van der Waals surface area contributed by atoms with Gasteiger partial charge in [-0.25, -0.2) is 0 Å². The summed E-state index contributed by atoms with van der Waals surface area (Å²) in [6.45, 7) is 1.11. The summed E-state index contributed by atoms with van der Waals surface area (Å²) in [6, 6.07) is 14.3. The van der Waals surface area contributed by atoms with Crippen molar-refractivity contribution in [3.05, 3.63) is 58.6 Å². The summed E-state index contributed by atoms with van der Waals surface area (Å²) in [5, 5.41) is 6.98.